The third-order valence-electron chi connectivity index (χ3n) is 4.64. The lowest BCUT2D eigenvalue weighted by Crippen LogP contribution is -2.45. The number of benzene rings is 2. The van der Waals surface area contributed by atoms with Gasteiger partial charge in [0, 0.05) is 22.2 Å². The van der Waals surface area contributed by atoms with Gasteiger partial charge in [-0.3, -0.25) is 19.5 Å². The third-order valence-corrected chi connectivity index (χ3v) is 5.36. The number of para-hydroxylation sites is 1. The number of aromatic nitrogens is 1. The Hall–Kier alpha value is -3.59. The van der Waals surface area contributed by atoms with Crippen molar-refractivity contribution in [3.05, 3.63) is 60.8 Å². The molecule has 0 spiro atoms. The number of urea groups is 1. The minimum atomic E-state index is -0.702. The number of carbonyl (C=O) groups is 3. The van der Waals surface area contributed by atoms with E-state index >= 15 is 0 Å². The molecule has 0 unspecified atom stereocenters. The number of anilines is 2. The van der Waals surface area contributed by atoms with Crippen LogP contribution in [0.2, 0.25) is 0 Å². The standard InChI is InChI=1S/C25H28N4O4S/c1-25(2,3)33-22(31)16-29(20-12-5-8-17-9-7-13-26-23(17)20)21(30)15-27-24(32)28-18-10-6-11-19(14-18)34-4/h5-14H,15-16H2,1-4H3,(H2,27,28,32). The summed E-state index contributed by atoms with van der Waals surface area (Å²) in [5.41, 5.74) is 0.941. The van der Waals surface area contributed by atoms with Gasteiger partial charge in [-0.15, -0.1) is 11.8 Å². The maximum Gasteiger partial charge on any atom is 0.326 e. The number of thioether (sulfide) groups is 1. The first-order valence-electron chi connectivity index (χ1n) is 10.7. The number of hydrogen-bond donors (Lipinski definition) is 2. The Balaban J connectivity index is 1.77. The number of ether oxygens (including phenoxy) is 1. The molecule has 2 N–H and O–H groups in total. The molecule has 3 aromatic rings. The lowest BCUT2D eigenvalue weighted by molar-refractivity contribution is -0.153. The molecule has 1 heterocycles. The molecule has 0 atom stereocenters. The number of esters is 1. The molecule has 3 rings (SSSR count). The Kier molecular flexibility index (Phi) is 8.12. The first-order valence-corrected chi connectivity index (χ1v) is 11.9. The average Bonchev–Trinajstić information content (AvgIpc) is 2.79. The van der Waals surface area contributed by atoms with Crippen LogP contribution in [0.25, 0.3) is 10.9 Å². The van der Waals surface area contributed by atoms with E-state index in [2.05, 4.69) is 15.6 Å². The smallest absolute Gasteiger partial charge is 0.326 e. The van der Waals surface area contributed by atoms with Gasteiger partial charge in [0.05, 0.1) is 17.7 Å². The predicted octanol–water partition coefficient (Wildman–Crippen LogP) is 4.45. The number of hydrogen-bond acceptors (Lipinski definition) is 6. The van der Waals surface area contributed by atoms with Gasteiger partial charge in [-0.1, -0.05) is 24.3 Å². The van der Waals surface area contributed by atoms with Crippen molar-refractivity contribution >= 4 is 51.9 Å². The molecule has 178 valence electrons. The van der Waals surface area contributed by atoms with Crippen LogP contribution in [-0.2, 0) is 14.3 Å². The molecule has 3 amide bonds. The van der Waals surface area contributed by atoms with Crippen LogP contribution in [0.15, 0.2) is 65.7 Å². The Morgan fingerprint density at radius 2 is 1.79 bits per heavy atom. The van der Waals surface area contributed by atoms with Gasteiger partial charge in [-0.05, 0) is 57.4 Å². The zero-order valence-corrected chi connectivity index (χ0v) is 20.4. The molecule has 2 aromatic carbocycles. The summed E-state index contributed by atoms with van der Waals surface area (Å²) in [7, 11) is 0. The van der Waals surface area contributed by atoms with E-state index in [1.807, 2.05) is 36.6 Å². The van der Waals surface area contributed by atoms with Crippen molar-refractivity contribution in [2.24, 2.45) is 0 Å². The summed E-state index contributed by atoms with van der Waals surface area (Å²) in [5.74, 6) is -1.04. The monoisotopic (exact) mass is 480 g/mol. The summed E-state index contributed by atoms with van der Waals surface area (Å²) in [6, 6.07) is 15.9. The largest absolute Gasteiger partial charge is 0.459 e. The molecule has 0 fully saturated rings. The van der Waals surface area contributed by atoms with Gasteiger partial charge in [0.25, 0.3) is 0 Å². The van der Waals surface area contributed by atoms with Crippen molar-refractivity contribution in [2.45, 2.75) is 31.3 Å². The number of nitrogens with one attached hydrogen (secondary N) is 2. The van der Waals surface area contributed by atoms with Crippen molar-refractivity contribution in [3.8, 4) is 0 Å². The highest BCUT2D eigenvalue weighted by Gasteiger charge is 2.25. The highest BCUT2D eigenvalue weighted by molar-refractivity contribution is 7.98. The van der Waals surface area contributed by atoms with E-state index in [4.69, 9.17) is 4.74 Å². The van der Waals surface area contributed by atoms with Gasteiger partial charge in [-0.2, -0.15) is 0 Å². The molecule has 8 nitrogen and oxygen atoms in total. The van der Waals surface area contributed by atoms with E-state index in [9.17, 15) is 14.4 Å². The highest BCUT2D eigenvalue weighted by atomic mass is 32.2. The summed E-state index contributed by atoms with van der Waals surface area (Å²) in [4.78, 5) is 44.8. The molecule has 0 aliphatic heterocycles. The van der Waals surface area contributed by atoms with Crippen LogP contribution in [0, 0.1) is 0 Å². The SMILES string of the molecule is CSc1cccc(NC(=O)NCC(=O)N(CC(=O)OC(C)(C)C)c2cccc3cccnc23)c1. The average molecular weight is 481 g/mol. The quantitative estimate of drug-likeness (QED) is 0.383. The number of rotatable bonds is 7. The van der Waals surface area contributed by atoms with E-state index in [-0.39, 0.29) is 13.1 Å². The second-order valence-corrected chi connectivity index (χ2v) is 9.34. The highest BCUT2D eigenvalue weighted by Crippen LogP contribution is 2.25. The third kappa shape index (κ3) is 6.95. The lowest BCUT2D eigenvalue weighted by atomic mass is 10.1. The summed E-state index contributed by atoms with van der Waals surface area (Å²) < 4.78 is 5.42. The lowest BCUT2D eigenvalue weighted by Gasteiger charge is -2.26. The molecular weight excluding hydrogens is 452 g/mol. The van der Waals surface area contributed by atoms with Crippen molar-refractivity contribution < 1.29 is 19.1 Å². The number of nitrogens with zero attached hydrogens (tertiary/aromatic N) is 2. The molecule has 34 heavy (non-hydrogen) atoms. The van der Waals surface area contributed by atoms with Crippen LogP contribution in [0.5, 0.6) is 0 Å². The zero-order chi connectivity index (χ0) is 24.7. The van der Waals surface area contributed by atoms with E-state index < -0.39 is 23.5 Å². The van der Waals surface area contributed by atoms with Crippen LogP contribution in [-0.4, -0.2) is 47.8 Å². The van der Waals surface area contributed by atoms with Crippen LogP contribution in [0.3, 0.4) is 0 Å². The van der Waals surface area contributed by atoms with Crippen molar-refractivity contribution in [2.75, 3.05) is 29.6 Å². The van der Waals surface area contributed by atoms with Gasteiger partial charge in [0.2, 0.25) is 5.91 Å². The first kappa shape index (κ1) is 25.0. The van der Waals surface area contributed by atoms with Gasteiger partial charge in [0.15, 0.2) is 0 Å². The normalized spacial score (nSPS) is 11.1. The summed E-state index contributed by atoms with van der Waals surface area (Å²) in [5, 5.41) is 6.10. The van der Waals surface area contributed by atoms with Crippen molar-refractivity contribution in [3.63, 3.8) is 0 Å². The topological polar surface area (TPSA) is 101 Å². The molecule has 9 heteroatoms. The Morgan fingerprint density at radius 1 is 1.06 bits per heavy atom. The summed E-state index contributed by atoms with van der Waals surface area (Å²) >= 11 is 1.56. The van der Waals surface area contributed by atoms with Crippen molar-refractivity contribution in [1.29, 1.82) is 0 Å². The molecule has 0 aliphatic rings. The second kappa shape index (κ2) is 11.0. The first-order chi connectivity index (χ1) is 16.2. The van der Waals surface area contributed by atoms with E-state index in [0.717, 1.165) is 10.3 Å². The number of pyridine rings is 1. The van der Waals surface area contributed by atoms with Gasteiger partial charge in [0.1, 0.15) is 12.1 Å². The zero-order valence-electron chi connectivity index (χ0n) is 19.6. The van der Waals surface area contributed by atoms with Crippen LogP contribution in [0.1, 0.15) is 20.8 Å². The number of amides is 3. The Labute approximate surface area is 203 Å². The molecule has 1 aromatic heterocycles. The van der Waals surface area contributed by atoms with Gasteiger partial charge < -0.3 is 15.4 Å². The van der Waals surface area contributed by atoms with Crippen LogP contribution < -0.4 is 15.5 Å². The Bertz CT molecular complexity index is 1190. The number of carbonyl (C=O) groups excluding carboxylic acids is 3. The van der Waals surface area contributed by atoms with E-state index in [0.29, 0.717) is 16.9 Å². The molecule has 0 saturated heterocycles. The second-order valence-electron chi connectivity index (χ2n) is 8.46. The minimum absolute atomic E-state index is 0.315. The molecule has 0 radical (unpaired) electrons. The minimum Gasteiger partial charge on any atom is -0.459 e. The molecular formula is C25H28N4O4S. The van der Waals surface area contributed by atoms with Gasteiger partial charge in [-0.25, -0.2) is 4.79 Å². The van der Waals surface area contributed by atoms with E-state index in [1.165, 1.54) is 4.90 Å². The fourth-order valence-electron chi connectivity index (χ4n) is 3.24. The Morgan fingerprint density at radius 3 is 2.53 bits per heavy atom. The summed E-state index contributed by atoms with van der Waals surface area (Å²) in [6.07, 6.45) is 3.57. The van der Waals surface area contributed by atoms with Crippen molar-refractivity contribution in [1.82, 2.24) is 10.3 Å². The van der Waals surface area contributed by atoms with Crippen LogP contribution in [0.4, 0.5) is 16.2 Å². The molecule has 0 saturated carbocycles. The predicted molar refractivity (Wildman–Crippen MR) is 135 cm³/mol. The fourth-order valence-corrected chi connectivity index (χ4v) is 3.70. The van der Waals surface area contributed by atoms with Crippen LogP contribution >= 0.6 is 11.8 Å². The fraction of sp³-hybridized carbons (Fsp3) is 0.280. The molecule has 0 aliphatic carbocycles. The molecule has 0 bridgehead atoms. The maximum atomic E-state index is 13.2. The number of fused-ring (bicyclic) bond motifs is 1. The van der Waals surface area contributed by atoms with Gasteiger partial charge >= 0.3 is 12.0 Å². The van der Waals surface area contributed by atoms with E-state index in [1.54, 1.807) is 63.0 Å². The maximum absolute atomic E-state index is 13.2. The summed E-state index contributed by atoms with van der Waals surface area (Å²) in [6.45, 7) is 4.64.